The number of benzene rings is 3. The van der Waals surface area contributed by atoms with Crippen LogP contribution in [0.15, 0.2) is 36.4 Å². The first-order chi connectivity index (χ1) is 20.5. The molecule has 1 aliphatic carbocycles. The van der Waals surface area contributed by atoms with E-state index in [1.807, 2.05) is 0 Å². The maximum atomic E-state index is 6.15. The molecule has 0 aliphatic heterocycles. The molecule has 6 nitrogen and oxygen atoms in total. The summed E-state index contributed by atoms with van der Waals surface area (Å²) in [5, 5.41) is 0. The van der Waals surface area contributed by atoms with Crippen LogP contribution in [0.2, 0.25) is 0 Å². The van der Waals surface area contributed by atoms with E-state index in [4.69, 9.17) is 28.4 Å². The monoisotopic (exact) mass is 630 g/mol. The first kappa shape index (κ1) is 32.4. The quantitative estimate of drug-likeness (QED) is 0.0983. The lowest BCUT2D eigenvalue weighted by Crippen LogP contribution is -2.05. The molecule has 0 spiro atoms. The molecular formula is C33H42O6S3. The van der Waals surface area contributed by atoms with E-state index in [1.54, 1.807) is 21.3 Å². The topological polar surface area (TPSA) is 55.4 Å². The molecule has 4 rings (SSSR count). The Morgan fingerprint density at radius 1 is 0.429 bits per heavy atom. The highest BCUT2D eigenvalue weighted by Crippen LogP contribution is 2.41. The van der Waals surface area contributed by atoms with Gasteiger partial charge in [-0.25, -0.2) is 0 Å². The third-order valence-corrected chi connectivity index (χ3v) is 8.23. The van der Waals surface area contributed by atoms with E-state index >= 15 is 0 Å². The maximum absolute atomic E-state index is 6.15. The van der Waals surface area contributed by atoms with Gasteiger partial charge in [0.15, 0.2) is 34.5 Å². The molecule has 3 aromatic rings. The molecule has 0 bridgehead atoms. The van der Waals surface area contributed by atoms with Crippen molar-refractivity contribution >= 4 is 37.9 Å². The van der Waals surface area contributed by atoms with Crippen LogP contribution in [0.3, 0.4) is 0 Å². The Labute approximate surface area is 266 Å². The largest absolute Gasteiger partial charge is 0.493 e. The molecule has 0 amide bonds. The van der Waals surface area contributed by atoms with Crippen LogP contribution < -0.4 is 28.4 Å². The molecular weight excluding hydrogens is 589 g/mol. The van der Waals surface area contributed by atoms with E-state index in [9.17, 15) is 0 Å². The molecule has 0 N–H and O–H groups in total. The molecule has 1 aliphatic rings. The third-order valence-electron chi connectivity index (χ3n) is 7.28. The van der Waals surface area contributed by atoms with Crippen molar-refractivity contribution in [1.82, 2.24) is 0 Å². The molecule has 0 saturated carbocycles. The molecule has 0 radical (unpaired) electrons. The summed E-state index contributed by atoms with van der Waals surface area (Å²) in [5.74, 6) is 6.66. The van der Waals surface area contributed by atoms with Crippen LogP contribution in [0, 0.1) is 0 Å². The molecule has 0 unspecified atom stereocenters. The summed E-state index contributed by atoms with van der Waals surface area (Å²) in [4.78, 5) is 0. The maximum Gasteiger partial charge on any atom is 0.161 e. The van der Waals surface area contributed by atoms with Gasteiger partial charge in [-0.15, -0.1) is 0 Å². The van der Waals surface area contributed by atoms with Crippen LogP contribution >= 0.6 is 37.9 Å². The Hall–Kier alpha value is -2.49. The van der Waals surface area contributed by atoms with Gasteiger partial charge in [0.05, 0.1) is 41.2 Å². The van der Waals surface area contributed by atoms with Crippen molar-refractivity contribution < 1.29 is 28.4 Å². The first-order valence-electron chi connectivity index (χ1n) is 14.3. The number of ether oxygens (including phenoxy) is 6. The van der Waals surface area contributed by atoms with Gasteiger partial charge in [0.25, 0.3) is 0 Å². The van der Waals surface area contributed by atoms with Gasteiger partial charge in [-0.1, -0.05) is 0 Å². The number of hydrogen-bond donors (Lipinski definition) is 3. The summed E-state index contributed by atoms with van der Waals surface area (Å²) in [6, 6.07) is 12.7. The highest BCUT2D eigenvalue weighted by molar-refractivity contribution is 7.80. The fourth-order valence-electron chi connectivity index (χ4n) is 5.09. The van der Waals surface area contributed by atoms with Crippen LogP contribution in [0.25, 0.3) is 0 Å². The molecule has 228 valence electrons. The highest BCUT2D eigenvalue weighted by Gasteiger charge is 2.22. The molecule has 42 heavy (non-hydrogen) atoms. The minimum atomic E-state index is 0.575. The van der Waals surface area contributed by atoms with Crippen LogP contribution in [0.5, 0.6) is 34.5 Å². The Balaban J connectivity index is 1.87. The minimum Gasteiger partial charge on any atom is -0.493 e. The molecule has 9 heteroatoms. The number of fused-ring (bicyclic) bond motifs is 3. The SMILES string of the molecule is COc1cc2c(cc1OCCCS)Cc1cc(OC)c(OCCCS)cc1Cc1cc(OC)c(OCCCS)cc1C2. The van der Waals surface area contributed by atoms with E-state index in [0.717, 1.165) is 71.0 Å². The number of rotatable bonds is 15. The summed E-state index contributed by atoms with van der Waals surface area (Å²) in [6.07, 6.45) is 4.68. The molecule has 0 atom stereocenters. The fourth-order valence-corrected chi connectivity index (χ4v) is 5.48. The summed E-state index contributed by atoms with van der Waals surface area (Å²) >= 11 is 13.0. The van der Waals surface area contributed by atoms with Crippen molar-refractivity contribution in [3.63, 3.8) is 0 Å². The fraction of sp³-hybridized carbons (Fsp3) is 0.455. The van der Waals surface area contributed by atoms with Gasteiger partial charge in [-0.2, -0.15) is 37.9 Å². The van der Waals surface area contributed by atoms with Crippen molar-refractivity contribution in [2.75, 3.05) is 58.4 Å². The molecule has 0 aromatic heterocycles. The molecule has 0 saturated heterocycles. The summed E-state index contributed by atoms with van der Waals surface area (Å²) in [7, 11) is 5.05. The smallest absolute Gasteiger partial charge is 0.161 e. The van der Waals surface area contributed by atoms with Crippen LogP contribution in [-0.2, 0) is 19.3 Å². The van der Waals surface area contributed by atoms with Crippen molar-refractivity contribution in [3.8, 4) is 34.5 Å². The van der Waals surface area contributed by atoms with Crippen LogP contribution in [0.4, 0.5) is 0 Å². The lowest BCUT2D eigenvalue weighted by atomic mass is 9.94. The lowest BCUT2D eigenvalue weighted by molar-refractivity contribution is 0.294. The Morgan fingerprint density at radius 3 is 0.881 bits per heavy atom. The van der Waals surface area contributed by atoms with Gasteiger partial charge in [-0.05, 0) is 126 Å². The standard InChI is InChI=1S/C33H42O6S3/c1-34-28-16-22-13-26-20-32(38-8-5-11-41)30(36-3)18-24(26)15-27-21-33(39-9-6-12-42)29(35-2)17-23(27)14-25(22)19-31(28)37-7-4-10-40/h16-21,40-42H,4-15H2,1-3H3. The number of thiol groups is 3. The van der Waals surface area contributed by atoms with Gasteiger partial charge in [0, 0.05) is 0 Å². The van der Waals surface area contributed by atoms with Crippen molar-refractivity contribution in [2.24, 2.45) is 0 Å². The zero-order valence-electron chi connectivity index (χ0n) is 24.7. The van der Waals surface area contributed by atoms with Crippen LogP contribution in [-0.4, -0.2) is 58.4 Å². The molecule has 3 aromatic carbocycles. The van der Waals surface area contributed by atoms with Gasteiger partial charge < -0.3 is 28.4 Å². The Morgan fingerprint density at radius 2 is 0.667 bits per heavy atom. The third kappa shape index (κ3) is 8.11. The van der Waals surface area contributed by atoms with Crippen molar-refractivity contribution in [1.29, 1.82) is 0 Å². The zero-order valence-corrected chi connectivity index (χ0v) is 27.4. The van der Waals surface area contributed by atoms with Crippen molar-refractivity contribution in [2.45, 2.75) is 38.5 Å². The van der Waals surface area contributed by atoms with Gasteiger partial charge in [0.2, 0.25) is 0 Å². The van der Waals surface area contributed by atoms with E-state index in [1.165, 1.54) is 33.4 Å². The lowest BCUT2D eigenvalue weighted by Gasteiger charge is -2.18. The van der Waals surface area contributed by atoms with Gasteiger partial charge in [0.1, 0.15) is 0 Å². The van der Waals surface area contributed by atoms with E-state index in [0.29, 0.717) is 39.1 Å². The second-order valence-corrected chi connectivity index (χ2v) is 11.5. The second-order valence-electron chi connectivity index (χ2n) is 10.1. The van der Waals surface area contributed by atoms with Gasteiger partial charge in [-0.3, -0.25) is 0 Å². The normalized spacial score (nSPS) is 12.1. The zero-order chi connectivity index (χ0) is 29.9. The van der Waals surface area contributed by atoms with E-state index in [2.05, 4.69) is 74.3 Å². The van der Waals surface area contributed by atoms with Gasteiger partial charge >= 0.3 is 0 Å². The second kappa shape index (κ2) is 16.4. The van der Waals surface area contributed by atoms with Crippen LogP contribution in [0.1, 0.15) is 52.6 Å². The molecule has 0 fully saturated rings. The molecule has 0 heterocycles. The van der Waals surface area contributed by atoms with E-state index in [-0.39, 0.29) is 0 Å². The Kier molecular flexibility index (Phi) is 12.6. The first-order valence-corrected chi connectivity index (χ1v) is 16.2. The average Bonchev–Trinajstić information content (AvgIpc) is 3.05. The number of hydrogen-bond acceptors (Lipinski definition) is 9. The summed E-state index contributed by atoms with van der Waals surface area (Å²) < 4.78 is 35.8. The highest BCUT2D eigenvalue weighted by atomic mass is 32.1. The summed E-state index contributed by atoms with van der Waals surface area (Å²) in [6.45, 7) is 1.73. The average molecular weight is 631 g/mol. The minimum absolute atomic E-state index is 0.575. The summed E-state index contributed by atoms with van der Waals surface area (Å²) in [5.41, 5.74) is 7.02. The predicted molar refractivity (Wildman–Crippen MR) is 179 cm³/mol. The Bertz CT molecular complexity index is 1170. The number of methoxy groups -OCH3 is 3. The predicted octanol–water partition coefficient (Wildman–Crippen LogP) is 6.89. The van der Waals surface area contributed by atoms with Crippen molar-refractivity contribution in [3.05, 3.63) is 69.8 Å². The van der Waals surface area contributed by atoms with E-state index < -0.39 is 0 Å².